The van der Waals surface area contributed by atoms with Gasteiger partial charge in [0.1, 0.15) is 0 Å². The molecule has 2 rings (SSSR count). The maximum absolute atomic E-state index is 12.2. The molecule has 0 heterocycles. The van der Waals surface area contributed by atoms with E-state index >= 15 is 0 Å². The Morgan fingerprint density at radius 2 is 1.76 bits per heavy atom. The van der Waals surface area contributed by atoms with Crippen LogP contribution in [0.3, 0.4) is 0 Å². The van der Waals surface area contributed by atoms with Gasteiger partial charge < -0.3 is 4.74 Å². The van der Waals surface area contributed by atoms with Crippen molar-refractivity contribution in [2.75, 3.05) is 18.9 Å². The van der Waals surface area contributed by atoms with Crippen LogP contribution >= 0.6 is 11.8 Å². The van der Waals surface area contributed by atoms with Gasteiger partial charge in [-0.05, 0) is 55.5 Å². The Morgan fingerprint density at radius 1 is 1.08 bits per heavy atom. The fourth-order valence-corrected chi connectivity index (χ4v) is 4.00. The zero-order valence-corrected chi connectivity index (χ0v) is 15.6. The van der Waals surface area contributed by atoms with Gasteiger partial charge in [-0.15, -0.1) is 11.8 Å². The van der Waals surface area contributed by atoms with E-state index in [-0.39, 0.29) is 11.5 Å². The van der Waals surface area contributed by atoms with Crippen LogP contribution in [0, 0.1) is 0 Å². The minimum Gasteiger partial charge on any atom is -0.462 e. The molecule has 0 unspecified atom stereocenters. The minimum atomic E-state index is -3.57. The molecule has 0 saturated carbocycles. The lowest BCUT2D eigenvalue weighted by Crippen LogP contribution is -2.25. The summed E-state index contributed by atoms with van der Waals surface area (Å²) in [5.41, 5.74) is 0.333. The fourth-order valence-electron chi connectivity index (χ4n) is 2.05. The normalized spacial score (nSPS) is 11.2. The Hall–Kier alpha value is -1.83. The number of benzene rings is 2. The molecule has 0 amide bonds. The third kappa shape index (κ3) is 6.19. The highest BCUT2D eigenvalue weighted by Crippen LogP contribution is 2.17. The van der Waals surface area contributed by atoms with Crippen molar-refractivity contribution in [2.45, 2.75) is 23.1 Å². The zero-order chi connectivity index (χ0) is 18.1. The topological polar surface area (TPSA) is 72.5 Å². The number of esters is 1. The summed E-state index contributed by atoms with van der Waals surface area (Å²) in [7, 11) is -3.57. The number of carbonyl (C=O) groups excluding carboxylic acids is 1. The number of thioether (sulfide) groups is 1. The molecular weight excluding hydrogens is 358 g/mol. The predicted octanol–water partition coefficient (Wildman–Crippen LogP) is 3.32. The summed E-state index contributed by atoms with van der Waals surface area (Å²) in [6.45, 7) is 2.36. The third-order valence-corrected chi connectivity index (χ3v) is 5.88. The van der Waals surface area contributed by atoms with Crippen molar-refractivity contribution in [1.29, 1.82) is 0 Å². The smallest absolute Gasteiger partial charge is 0.338 e. The number of ether oxygens (including phenoxy) is 1. The van der Waals surface area contributed by atoms with Crippen molar-refractivity contribution < 1.29 is 17.9 Å². The first-order valence-corrected chi connectivity index (χ1v) is 10.4. The van der Waals surface area contributed by atoms with Crippen LogP contribution in [0.1, 0.15) is 23.7 Å². The van der Waals surface area contributed by atoms with Gasteiger partial charge in [0.05, 0.1) is 17.1 Å². The molecule has 0 fully saturated rings. The summed E-state index contributed by atoms with van der Waals surface area (Å²) in [5, 5.41) is 0. The van der Waals surface area contributed by atoms with Crippen LogP contribution in [0.4, 0.5) is 0 Å². The highest BCUT2D eigenvalue weighted by Gasteiger charge is 2.14. The third-order valence-electron chi connectivity index (χ3n) is 3.30. The fraction of sp³-hybridized carbons (Fsp3) is 0.278. The van der Waals surface area contributed by atoms with Crippen molar-refractivity contribution in [2.24, 2.45) is 0 Å². The van der Waals surface area contributed by atoms with E-state index < -0.39 is 16.0 Å². The van der Waals surface area contributed by atoms with Gasteiger partial charge in [0.2, 0.25) is 10.0 Å². The van der Waals surface area contributed by atoms with E-state index in [2.05, 4.69) is 4.72 Å². The average Bonchev–Trinajstić information content (AvgIpc) is 2.62. The minimum absolute atomic E-state index is 0.135. The number of sulfonamides is 1. The van der Waals surface area contributed by atoms with Gasteiger partial charge in [-0.1, -0.05) is 18.2 Å². The molecule has 5 nitrogen and oxygen atoms in total. The molecule has 1 N–H and O–H groups in total. The average molecular weight is 380 g/mol. The Kier molecular flexibility index (Phi) is 7.49. The Balaban J connectivity index is 1.81. The highest BCUT2D eigenvalue weighted by atomic mass is 32.2. The Bertz CT molecular complexity index is 774. The van der Waals surface area contributed by atoms with Crippen LogP contribution < -0.4 is 4.72 Å². The van der Waals surface area contributed by atoms with Crippen LogP contribution in [-0.2, 0) is 14.8 Å². The standard InChI is InChI=1S/C18H21NO4S2/c1-2-23-18(20)15-9-11-17(12-10-15)25(21,22)19-13-6-14-24-16-7-4-3-5-8-16/h3-5,7-12,19H,2,6,13-14H2,1H3. The lowest BCUT2D eigenvalue weighted by molar-refractivity contribution is 0.0526. The first-order valence-electron chi connectivity index (χ1n) is 7.97. The lowest BCUT2D eigenvalue weighted by Gasteiger charge is -2.08. The molecule has 0 aromatic heterocycles. The molecule has 0 aliphatic rings. The van der Waals surface area contributed by atoms with E-state index in [0.29, 0.717) is 12.1 Å². The molecule has 0 bridgehead atoms. The SMILES string of the molecule is CCOC(=O)c1ccc(S(=O)(=O)NCCCSc2ccccc2)cc1. The molecule has 134 valence electrons. The Morgan fingerprint density at radius 3 is 2.40 bits per heavy atom. The van der Waals surface area contributed by atoms with Crippen molar-refractivity contribution in [3.8, 4) is 0 Å². The Labute approximate surface area is 152 Å². The molecule has 25 heavy (non-hydrogen) atoms. The van der Waals surface area contributed by atoms with Crippen LogP contribution in [0.2, 0.25) is 0 Å². The van der Waals surface area contributed by atoms with Crippen molar-refractivity contribution >= 4 is 27.8 Å². The summed E-state index contributed by atoms with van der Waals surface area (Å²) in [4.78, 5) is 12.9. The maximum atomic E-state index is 12.2. The molecule has 2 aromatic carbocycles. The zero-order valence-electron chi connectivity index (χ0n) is 14.0. The molecule has 7 heteroatoms. The van der Waals surface area contributed by atoms with E-state index in [4.69, 9.17) is 4.74 Å². The summed E-state index contributed by atoms with van der Waals surface area (Å²) < 4.78 is 31.9. The summed E-state index contributed by atoms with van der Waals surface area (Å²) in [6, 6.07) is 15.7. The first-order chi connectivity index (χ1) is 12.0. The van der Waals surface area contributed by atoms with E-state index in [1.165, 1.54) is 29.2 Å². The summed E-state index contributed by atoms with van der Waals surface area (Å²) in [6.07, 6.45) is 0.722. The number of carbonyl (C=O) groups is 1. The van der Waals surface area contributed by atoms with Crippen molar-refractivity contribution in [1.82, 2.24) is 4.72 Å². The van der Waals surface area contributed by atoms with Gasteiger partial charge in [-0.2, -0.15) is 0 Å². The first kappa shape index (κ1) is 19.5. The molecular formula is C18H21NO4S2. The van der Waals surface area contributed by atoms with E-state index in [1.54, 1.807) is 18.7 Å². The quantitative estimate of drug-likeness (QED) is 0.411. The lowest BCUT2D eigenvalue weighted by atomic mass is 10.2. The molecule has 0 saturated heterocycles. The van der Waals surface area contributed by atoms with Crippen molar-refractivity contribution in [3.05, 3.63) is 60.2 Å². The number of rotatable bonds is 9. The summed E-state index contributed by atoms with van der Waals surface area (Å²) in [5.74, 6) is 0.367. The monoisotopic (exact) mass is 379 g/mol. The maximum Gasteiger partial charge on any atom is 0.338 e. The summed E-state index contributed by atoms with van der Waals surface area (Å²) >= 11 is 1.69. The van der Waals surface area contributed by atoms with Gasteiger partial charge >= 0.3 is 5.97 Å². The van der Waals surface area contributed by atoms with Gasteiger partial charge in [0, 0.05) is 11.4 Å². The van der Waals surface area contributed by atoms with Crippen LogP contribution in [0.15, 0.2) is 64.4 Å². The van der Waals surface area contributed by atoms with Crippen LogP contribution in [0.5, 0.6) is 0 Å². The van der Waals surface area contributed by atoms with Crippen LogP contribution in [0.25, 0.3) is 0 Å². The van der Waals surface area contributed by atoms with E-state index in [9.17, 15) is 13.2 Å². The number of nitrogens with one attached hydrogen (secondary N) is 1. The second-order valence-corrected chi connectivity index (χ2v) is 8.09. The van der Waals surface area contributed by atoms with Crippen LogP contribution in [-0.4, -0.2) is 33.3 Å². The number of hydrogen-bond donors (Lipinski definition) is 1. The van der Waals surface area contributed by atoms with Crippen molar-refractivity contribution in [3.63, 3.8) is 0 Å². The molecule has 0 spiro atoms. The second-order valence-electron chi connectivity index (χ2n) is 5.16. The number of hydrogen-bond acceptors (Lipinski definition) is 5. The molecule has 2 aromatic rings. The molecule has 0 aliphatic heterocycles. The second kappa shape index (κ2) is 9.60. The van der Waals surface area contributed by atoms with E-state index in [1.807, 2.05) is 30.3 Å². The largest absolute Gasteiger partial charge is 0.462 e. The van der Waals surface area contributed by atoms with Gasteiger partial charge in [-0.25, -0.2) is 17.9 Å². The highest BCUT2D eigenvalue weighted by molar-refractivity contribution is 7.99. The van der Waals surface area contributed by atoms with Gasteiger partial charge in [0.15, 0.2) is 0 Å². The van der Waals surface area contributed by atoms with Gasteiger partial charge in [-0.3, -0.25) is 0 Å². The predicted molar refractivity (Wildman–Crippen MR) is 99.4 cm³/mol. The molecule has 0 radical (unpaired) electrons. The molecule has 0 aliphatic carbocycles. The molecule has 0 atom stereocenters. The van der Waals surface area contributed by atoms with E-state index in [0.717, 1.165) is 12.2 Å². The van der Waals surface area contributed by atoms with Gasteiger partial charge in [0.25, 0.3) is 0 Å².